The number of ether oxygens (including phenoxy) is 2. The van der Waals surface area contributed by atoms with E-state index in [1.165, 1.54) is 6.07 Å². The van der Waals surface area contributed by atoms with Gasteiger partial charge in [-0.25, -0.2) is 0 Å². The molecule has 0 saturated carbocycles. The van der Waals surface area contributed by atoms with E-state index in [2.05, 4.69) is 4.90 Å². The lowest BCUT2D eigenvalue weighted by atomic mass is 10.1. The molecule has 2 saturated heterocycles. The zero-order valence-electron chi connectivity index (χ0n) is 17.0. The summed E-state index contributed by atoms with van der Waals surface area (Å²) in [6, 6.07) is 3.04. The van der Waals surface area contributed by atoms with Crippen molar-refractivity contribution >= 4 is 15.9 Å². The van der Waals surface area contributed by atoms with Crippen molar-refractivity contribution in [3.63, 3.8) is 0 Å². The van der Waals surface area contributed by atoms with Crippen LogP contribution in [-0.2, 0) is 28.1 Å². The summed E-state index contributed by atoms with van der Waals surface area (Å²) in [4.78, 5) is 13.0. The van der Waals surface area contributed by atoms with E-state index in [1.807, 2.05) is 0 Å². The molecule has 0 N–H and O–H groups in total. The first kappa shape index (κ1) is 21.4. The molecule has 11 heteroatoms. The number of benzene rings is 1. The molecule has 0 aliphatic carbocycles. The number of hydrogen-bond acceptors (Lipinski definition) is 7. The number of nitrogens with zero attached hydrogens (tertiary/aromatic N) is 4. The van der Waals surface area contributed by atoms with Crippen molar-refractivity contribution in [1.82, 2.24) is 13.5 Å². The summed E-state index contributed by atoms with van der Waals surface area (Å²) >= 11 is 0. The second kappa shape index (κ2) is 9.15. The largest absolute Gasteiger partial charge is 0.467 e. The summed E-state index contributed by atoms with van der Waals surface area (Å²) in [6.07, 6.45) is 4.00. The first-order valence-corrected chi connectivity index (χ1v) is 11.8. The van der Waals surface area contributed by atoms with Crippen molar-refractivity contribution in [2.24, 2.45) is 0 Å². The Balaban J connectivity index is 1.43. The van der Waals surface area contributed by atoms with E-state index in [4.69, 9.17) is 9.47 Å². The second-order valence-electron chi connectivity index (χ2n) is 7.96. The molecule has 3 aliphatic heterocycles. The molecule has 2 fully saturated rings. The average molecular weight is 441 g/mol. The standard InChI is InChI=1S/C19H28N4O6S/c24-23(25)18-11-16(19-17(12-18)14-28-15-29-19)13-20-7-9-22(10-8-20)30(26,27)21-5-3-1-2-4-6-21/h11-12H,1-10,13-15H2. The minimum Gasteiger partial charge on any atom is -0.467 e. The summed E-state index contributed by atoms with van der Waals surface area (Å²) in [5, 5.41) is 11.3. The number of fused-ring (bicyclic) bond motifs is 1. The number of nitro groups is 1. The van der Waals surface area contributed by atoms with Gasteiger partial charge in [-0.2, -0.15) is 17.0 Å². The number of non-ortho nitro benzene ring substituents is 1. The maximum Gasteiger partial charge on any atom is 0.282 e. The predicted molar refractivity (Wildman–Crippen MR) is 109 cm³/mol. The quantitative estimate of drug-likeness (QED) is 0.507. The van der Waals surface area contributed by atoms with E-state index < -0.39 is 15.1 Å². The Bertz CT molecular complexity index is 877. The number of nitro benzene ring substituents is 1. The molecule has 30 heavy (non-hydrogen) atoms. The van der Waals surface area contributed by atoms with Crippen molar-refractivity contribution in [1.29, 1.82) is 0 Å². The normalized spacial score (nSPS) is 22.1. The molecule has 0 aromatic heterocycles. The molecule has 0 spiro atoms. The first-order chi connectivity index (χ1) is 14.4. The van der Waals surface area contributed by atoms with Crippen LogP contribution in [0, 0.1) is 10.1 Å². The molecule has 4 rings (SSSR count). The van der Waals surface area contributed by atoms with Gasteiger partial charge in [0.25, 0.3) is 15.9 Å². The highest BCUT2D eigenvalue weighted by Gasteiger charge is 2.33. The SMILES string of the molecule is O=[N+]([O-])c1cc2c(c(CN3CCN(S(=O)(=O)N4CCCCCC4)CC3)c1)OCOC2. The monoisotopic (exact) mass is 440 g/mol. The van der Waals surface area contributed by atoms with E-state index >= 15 is 0 Å². The molecular formula is C19H28N4O6S. The van der Waals surface area contributed by atoms with E-state index in [0.717, 1.165) is 31.2 Å². The smallest absolute Gasteiger partial charge is 0.282 e. The molecule has 0 unspecified atom stereocenters. The van der Waals surface area contributed by atoms with E-state index in [9.17, 15) is 18.5 Å². The van der Waals surface area contributed by atoms with Gasteiger partial charge in [-0.15, -0.1) is 0 Å². The van der Waals surface area contributed by atoms with Crippen LogP contribution >= 0.6 is 0 Å². The van der Waals surface area contributed by atoms with Crippen LogP contribution in [0.15, 0.2) is 12.1 Å². The molecule has 1 aromatic carbocycles. The van der Waals surface area contributed by atoms with Gasteiger partial charge in [-0.1, -0.05) is 12.8 Å². The Morgan fingerprint density at radius 2 is 1.63 bits per heavy atom. The summed E-state index contributed by atoms with van der Waals surface area (Å²) in [5.41, 5.74) is 1.43. The summed E-state index contributed by atoms with van der Waals surface area (Å²) in [5.74, 6) is 0.645. The van der Waals surface area contributed by atoms with Gasteiger partial charge in [0.15, 0.2) is 6.79 Å². The number of piperazine rings is 1. The maximum absolute atomic E-state index is 13.0. The van der Waals surface area contributed by atoms with Gasteiger partial charge in [-0.05, 0) is 12.8 Å². The molecule has 0 bridgehead atoms. The van der Waals surface area contributed by atoms with Crippen molar-refractivity contribution in [3.05, 3.63) is 33.4 Å². The molecule has 0 atom stereocenters. The molecule has 10 nitrogen and oxygen atoms in total. The highest BCUT2D eigenvalue weighted by Crippen LogP contribution is 2.33. The molecule has 0 radical (unpaired) electrons. The third-order valence-corrected chi connectivity index (χ3v) is 7.96. The summed E-state index contributed by atoms with van der Waals surface area (Å²) < 4.78 is 40.1. The highest BCUT2D eigenvalue weighted by molar-refractivity contribution is 7.86. The van der Waals surface area contributed by atoms with Gasteiger partial charge >= 0.3 is 0 Å². The van der Waals surface area contributed by atoms with Gasteiger partial charge in [0, 0.05) is 69.1 Å². The van der Waals surface area contributed by atoms with Crippen LogP contribution in [0.3, 0.4) is 0 Å². The third-order valence-electron chi connectivity index (χ3n) is 5.93. The molecule has 0 amide bonds. The number of rotatable bonds is 5. The fraction of sp³-hybridized carbons (Fsp3) is 0.684. The fourth-order valence-corrected chi connectivity index (χ4v) is 5.97. The lowest BCUT2D eigenvalue weighted by molar-refractivity contribution is -0.385. The van der Waals surface area contributed by atoms with Crippen LogP contribution in [0.1, 0.15) is 36.8 Å². The van der Waals surface area contributed by atoms with Gasteiger partial charge in [0.1, 0.15) is 5.75 Å². The van der Waals surface area contributed by atoms with Crippen LogP contribution in [0.2, 0.25) is 0 Å². The van der Waals surface area contributed by atoms with Crippen molar-refractivity contribution < 1.29 is 22.8 Å². The molecular weight excluding hydrogens is 412 g/mol. The van der Waals surface area contributed by atoms with E-state index in [0.29, 0.717) is 57.1 Å². The zero-order valence-corrected chi connectivity index (χ0v) is 17.8. The average Bonchev–Trinajstić information content (AvgIpc) is 3.04. The van der Waals surface area contributed by atoms with Gasteiger partial charge in [0.05, 0.1) is 11.5 Å². The Morgan fingerprint density at radius 1 is 0.967 bits per heavy atom. The van der Waals surface area contributed by atoms with Crippen LogP contribution in [0.4, 0.5) is 5.69 Å². The predicted octanol–water partition coefficient (Wildman–Crippen LogP) is 1.70. The van der Waals surface area contributed by atoms with Crippen LogP contribution in [-0.4, -0.2) is 72.9 Å². The first-order valence-electron chi connectivity index (χ1n) is 10.4. The molecule has 3 heterocycles. The van der Waals surface area contributed by atoms with Crippen LogP contribution < -0.4 is 4.74 Å². The van der Waals surface area contributed by atoms with Gasteiger partial charge in [-0.3, -0.25) is 15.0 Å². The molecule has 166 valence electrons. The van der Waals surface area contributed by atoms with Crippen LogP contribution in [0.25, 0.3) is 0 Å². The third kappa shape index (κ3) is 4.59. The van der Waals surface area contributed by atoms with Crippen molar-refractivity contribution in [2.75, 3.05) is 46.1 Å². The van der Waals surface area contributed by atoms with Crippen molar-refractivity contribution in [3.8, 4) is 5.75 Å². The Labute approximate surface area is 176 Å². The van der Waals surface area contributed by atoms with Gasteiger partial charge in [0.2, 0.25) is 0 Å². The zero-order chi connectivity index (χ0) is 21.1. The lowest BCUT2D eigenvalue weighted by Crippen LogP contribution is -2.52. The Hall–Kier alpha value is -1.79. The second-order valence-corrected chi connectivity index (χ2v) is 9.89. The Kier molecular flexibility index (Phi) is 6.54. The van der Waals surface area contributed by atoms with E-state index in [1.54, 1.807) is 14.7 Å². The summed E-state index contributed by atoms with van der Waals surface area (Å²) in [7, 11) is -3.43. The van der Waals surface area contributed by atoms with Crippen LogP contribution in [0.5, 0.6) is 5.75 Å². The van der Waals surface area contributed by atoms with Gasteiger partial charge < -0.3 is 9.47 Å². The lowest BCUT2D eigenvalue weighted by Gasteiger charge is -2.36. The topological polar surface area (TPSA) is 105 Å². The Morgan fingerprint density at radius 3 is 2.30 bits per heavy atom. The van der Waals surface area contributed by atoms with Crippen molar-refractivity contribution in [2.45, 2.75) is 38.8 Å². The fourth-order valence-electron chi connectivity index (χ4n) is 4.30. The number of hydrogen-bond donors (Lipinski definition) is 0. The highest BCUT2D eigenvalue weighted by atomic mass is 32.2. The summed E-state index contributed by atoms with van der Waals surface area (Å²) in [6.45, 7) is 4.05. The minimum atomic E-state index is -3.43. The minimum absolute atomic E-state index is 0.0141. The molecule has 1 aromatic rings. The molecule has 3 aliphatic rings. The van der Waals surface area contributed by atoms with E-state index in [-0.39, 0.29) is 19.1 Å². The maximum atomic E-state index is 13.0.